The van der Waals surface area contributed by atoms with Crippen LogP contribution in [-0.2, 0) is 6.42 Å². The number of ether oxygens (including phenoxy) is 2. The van der Waals surface area contributed by atoms with Crippen molar-refractivity contribution in [1.29, 1.82) is 0 Å². The Morgan fingerprint density at radius 2 is 1.50 bits per heavy atom. The van der Waals surface area contributed by atoms with Gasteiger partial charge < -0.3 is 19.4 Å². The lowest BCUT2D eigenvalue weighted by Crippen LogP contribution is -2.26. The third-order valence-corrected chi connectivity index (χ3v) is 4.86. The Labute approximate surface area is 165 Å². The minimum Gasteiger partial charge on any atom is -0.497 e. The van der Waals surface area contributed by atoms with Gasteiger partial charge in [-0.2, -0.15) is 0 Å². The summed E-state index contributed by atoms with van der Waals surface area (Å²) >= 11 is 0. The van der Waals surface area contributed by atoms with Crippen LogP contribution in [0.2, 0.25) is 0 Å². The van der Waals surface area contributed by atoms with Crippen LogP contribution in [0.25, 0.3) is 5.69 Å². The maximum atomic E-state index is 12.7. The molecule has 0 spiro atoms. The van der Waals surface area contributed by atoms with Gasteiger partial charge in [0.1, 0.15) is 11.5 Å². The molecule has 1 heterocycles. The van der Waals surface area contributed by atoms with E-state index in [9.17, 15) is 4.79 Å². The number of hydrogen-bond acceptors (Lipinski definition) is 3. The van der Waals surface area contributed by atoms with Crippen LogP contribution in [-0.4, -0.2) is 31.2 Å². The highest BCUT2D eigenvalue weighted by Crippen LogP contribution is 2.22. The minimum absolute atomic E-state index is 0.0543. The molecule has 0 atom stereocenters. The third kappa shape index (κ3) is 4.19. The molecule has 0 unspecified atom stereocenters. The van der Waals surface area contributed by atoms with Crippen LogP contribution in [0.5, 0.6) is 11.5 Å². The summed E-state index contributed by atoms with van der Waals surface area (Å²) in [7, 11) is 3.30. The molecule has 146 valence electrons. The van der Waals surface area contributed by atoms with Crippen molar-refractivity contribution in [3.8, 4) is 17.2 Å². The van der Waals surface area contributed by atoms with Gasteiger partial charge in [0.25, 0.3) is 5.91 Å². The fourth-order valence-corrected chi connectivity index (χ4v) is 3.33. The van der Waals surface area contributed by atoms with Crippen molar-refractivity contribution >= 4 is 5.91 Å². The number of hydrogen-bond donors (Lipinski definition) is 1. The molecule has 0 radical (unpaired) electrons. The van der Waals surface area contributed by atoms with Crippen LogP contribution >= 0.6 is 0 Å². The molecule has 28 heavy (non-hydrogen) atoms. The highest BCUT2D eigenvalue weighted by Gasteiger charge is 2.16. The third-order valence-electron chi connectivity index (χ3n) is 4.86. The predicted molar refractivity (Wildman–Crippen MR) is 111 cm³/mol. The summed E-state index contributed by atoms with van der Waals surface area (Å²) in [6, 6.07) is 17.6. The molecule has 2 aromatic carbocycles. The van der Waals surface area contributed by atoms with Crippen molar-refractivity contribution in [2.24, 2.45) is 0 Å². The number of methoxy groups -OCH3 is 2. The van der Waals surface area contributed by atoms with E-state index >= 15 is 0 Å². The molecule has 0 saturated heterocycles. The first kappa shape index (κ1) is 19.5. The second kappa shape index (κ2) is 8.65. The number of rotatable bonds is 7. The monoisotopic (exact) mass is 378 g/mol. The van der Waals surface area contributed by atoms with Crippen molar-refractivity contribution in [2.45, 2.75) is 20.3 Å². The number of aryl methyl sites for hydroxylation is 1. The fraction of sp³-hybridized carbons (Fsp3) is 0.261. The molecule has 0 bridgehead atoms. The normalized spacial score (nSPS) is 10.6. The summed E-state index contributed by atoms with van der Waals surface area (Å²) in [5.74, 6) is 1.59. The standard InChI is InChI=1S/C23H26N2O3/c1-16-15-22(17(2)25(16)19-7-11-21(28-4)12-8-19)23(26)24-14-13-18-5-9-20(27-3)10-6-18/h5-12,15H,13-14H2,1-4H3,(H,24,26). The van der Waals surface area contributed by atoms with Crippen LogP contribution in [0.1, 0.15) is 27.3 Å². The summed E-state index contributed by atoms with van der Waals surface area (Å²) in [5.41, 5.74) is 4.80. The molecular weight excluding hydrogens is 352 g/mol. The van der Waals surface area contributed by atoms with E-state index in [1.165, 1.54) is 0 Å². The molecule has 0 saturated carbocycles. The first-order valence-electron chi connectivity index (χ1n) is 9.28. The van der Waals surface area contributed by atoms with Crippen LogP contribution < -0.4 is 14.8 Å². The Bertz CT molecular complexity index is 941. The maximum Gasteiger partial charge on any atom is 0.253 e. The molecule has 5 heteroatoms. The molecule has 3 rings (SSSR count). The Morgan fingerprint density at radius 1 is 0.929 bits per heavy atom. The average Bonchev–Trinajstić information content (AvgIpc) is 3.02. The fourth-order valence-electron chi connectivity index (χ4n) is 3.33. The summed E-state index contributed by atoms with van der Waals surface area (Å²) in [6.45, 7) is 4.55. The number of carbonyl (C=O) groups is 1. The number of nitrogens with zero attached hydrogens (tertiary/aromatic N) is 1. The van der Waals surface area contributed by atoms with E-state index in [0.29, 0.717) is 12.1 Å². The van der Waals surface area contributed by atoms with Gasteiger partial charge in [-0.3, -0.25) is 4.79 Å². The SMILES string of the molecule is COc1ccc(CCNC(=O)c2cc(C)n(-c3ccc(OC)cc3)c2C)cc1. The highest BCUT2D eigenvalue weighted by atomic mass is 16.5. The van der Waals surface area contributed by atoms with Gasteiger partial charge >= 0.3 is 0 Å². The first-order valence-corrected chi connectivity index (χ1v) is 9.28. The Balaban J connectivity index is 1.68. The second-order valence-corrected chi connectivity index (χ2v) is 6.67. The predicted octanol–water partition coefficient (Wildman–Crippen LogP) is 4.08. The summed E-state index contributed by atoms with van der Waals surface area (Å²) in [5, 5.41) is 3.02. The molecule has 1 N–H and O–H groups in total. The van der Waals surface area contributed by atoms with Gasteiger partial charge in [0.2, 0.25) is 0 Å². The molecule has 5 nitrogen and oxygen atoms in total. The van der Waals surface area contributed by atoms with Gasteiger partial charge in [-0.25, -0.2) is 0 Å². The zero-order valence-corrected chi connectivity index (χ0v) is 16.8. The average molecular weight is 378 g/mol. The summed E-state index contributed by atoms with van der Waals surface area (Å²) in [4.78, 5) is 12.7. The lowest BCUT2D eigenvalue weighted by atomic mass is 10.1. The molecule has 0 aliphatic rings. The first-order chi connectivity index (χ1) is 13.5. The van der Waals surface area contributed by atoms with Crippen molar-refractivity contribution in [3.05, 3.63) is 77.1 Å². The lowest BCUT2D eigenvalue weighted by molar-refractivity contribution is 0.0953. The van der Waals surface area contributed by atoms with E-state index < -0.39 is 0 Å². The van der Waals surface area contributed by atoms with Crippen LogP contribution in [0.15, 0.2) is 54.6 Å². The highest BCUT2D eigenvalue weighted by molar-refractivity contribution is 5.95. The van der Waals surface area contributed by atoms with E-state index in [0.717, 1.165) is 40.6 Å². The van der Waals surface area contributed by atoms with E-state index in [1.54, 1.807) is 14.2 Å². The maximum absolute atomic E-state index is 12.7. The number of amides is 1. The number of carbonyl (C=O) groups excluding carboxylic acids is 1. The second-order valence-electron chi connectivity index (χ2n) is 6.67. The molecule has 0 aliphatic carbocycles. The Hall–Kier alpha value is -3.21. The minimum atomic E-state index is -0.0543. The van der Waals surface area contributed by atoms with Gasteiger partial charge in [0.15, 0.2) is 0 Å². The van der Waals surface area contributed by atoms with Gasteiger partial charge in [0, 0.05) is 23.6 Å². The lowest BCUT2D eigenvalue weighted by Gasteiger charge is -2.11. The topological polar surface area (TPSA) is 52.5 Å². The molecular formula is C23H26N2O3. The van der Waals surface area contributed by atoms with Gasteiger partial charge in [0.05, 0.1) is 19.8 Å². The summed E-state index contributed by atoms with van der Waals surface area (Å²) < 4.78 is 12.5. The zero-order valence-electron chi connectivity index (χ0n) is 16.8. The summed E-state index contributed by atoms with van der Waals surface area (Å²) in [6.07, 6.45) is 0.771. The van der Waals surface area contributed by atoms with Crippen molar-refractivity contribution in [3.63, 3.8) is 0 Å². The van der Waals surface area contributed by atoms with E-state index in [4.69, 9.17) is 9.47 Å². The number of aromatic nitrogens is 1. The quantitative estimate of drug-likeness (QED) is 0.674. The molecule has 0 fully saturated rings. The van der Waals surface area contributed by atoms with Crippen molar-refractivity contribution < 1.29 is 14.3 Å². The Kier molecular flexibility index (Phi) is 6.04. The molecule has 0 aliphatic heterocycles. The number of benzene rings is 2. The molecule has 1 amide bonds. The van der Waals surface area contributed by atoms with E-state index in [-0.39, 0.29) is 5.91 Å². The zero-order chi connectivity index (χ0) is 20.1. The van der Waals surface area contributed by atoms with Gasteiger partial charge in [-0.05, 0) is 68.3 Å². The van der Waals surface area contributed by atoms with Crippen LogP contribution in [0, 0.1) is 13.8 Å². The van der Waals surface area contributed by atoms with E-state index in [1.807, 2.05) is 68.4 Å². The van der Waals surface area contributed by atoms with Gasteiger partial charge in [-0.1, -0.05) is 12.1 Å². The van der Waals surface area contributed by atoms with Crippen LogP contribution in [0.4, 0.5) is 0 Å². The Morgan fingerprint density at radius 3 is 2.07 bits per heavy atom. The van der Waals surface area contributed by atoms with Crippen LogP contribution in [0.3, 0.4) is 0 Å². The molecule has 1 aromatic heterocycles. The largest absolute Gasteiger partial charge is 0.497 e. The van der Waals surface area contributed by atoms with Gasteiger partial charge in [-0.15, -0.1) is 0 Å². The number of nitrogens with one attached hydrogen (secondary N) is 1. The van der Waals surface area contributed by atoms with Crippen molar-refractivity contribution in [1.82, 2.24) is 9.88 Å². The molecule has 3 aromatic rings. The smallest absolute Gasteiger partial charge is 0.253 e. The van der Waals surface area contributed by atoms with E-state index in [2.05, 4.69) is 9.88 Å². The van der Waals surface area contributed by atoms with Crippen molar-refractivity contribution in [2.75, 3.05) is 20.8 Å².